The van der Waals surface area contributed by atoms with E-state index >= 15 is 0 Å². The highest BCUT2D eigenvalue weighted by molar-refractivity contribution is 6.21. The largest absolute Gasteiger partial charge is 0.322 e. The molecular weight excluding hydrogens is 423 g/mol. The number of amides is 2. The smallest absolute Gasteiger partial charge is 0.276 e. The highest BCUT2D eigenvalue weighted by Gasteiger charge is 2.33. The van der Waals surface area contributed by atoms with Gasteiger partial charge in [0.15, 0.2) is 0 Å². The number of nitrogens with zero attached hydrogens (tertiary/aromatic N) is 3. The maximum Gasteiger partial charge on any atom is 0.276 e. The minimum Gasteiger partial charge on any atom is -0.322 e. The van der Waals surface area contributed by atoms with Crippen LogP contribution in [0.4, 0.5) is 10.1 Å². The van der Waals surface area contributed by atoms with Gasteiger partial charge in [-0.15, -0.1) is 0 Å². The van der Waals surface area contributed by atoms with Gasteiger partial charge >= 0.3 is 0 Å². The average Bonchev–Trinajstić information content (AvgIpc) is 2.95. The summed E-state index contributed by atoms with van der Waals surface area (Å²) in [5, 5.41) is 11.6. The number of para-hydroxylation sites is 1. The first-order valence-corrected chi connectivity index (χ1v) is 9.80. The molecule has 3 aromatic carbocycles. The second-order valence-corrected chi connectivity index (χ2v) is 7.00. The number of rotatable bonds is 4. The second kappa shape index (κ2) is 9.10. The third-order valence-corrected chi connectivity index (χ3v) is 4.98. The molecule has 1 heterocycles. The number of carbonyl (C=O) groups excluding carboxylic acids is 3. The Labute approximate surface area is 188 Å². The molecule has 1 atom stereocenters. The molecule has 1 aliphatic heterocycles. The molecule has 0 fully saturated rings. The van der Waals surface area contributed by atoms with Crippen LogP contribution in [0.2, 0.25) is 0 Å². The molecule has 0 spiro atoms. The molecule has 0 aromatic heterocycles. The van der Waals surface area contributed by atoms with Crippen LogP contribution in [0.25, 0.3) is 0 Å². The number of nitriles is 1. The Balaban J connectivity index is 1.85. The molecule has 2 amide bonds. The van der Waals surface area contributed by atoms with Crippen molar-refractivity contribution >= 4 is 29.2 Å². The van der Waals surface area contributed by atoms with Crippen LogP contribution in [-0.2, 0) is 9.59 Å². The van der Waals surface area contributed by atoms with E-state index in [1.54, 1.807) is 36.3 Å². The zero-order valence-corrected chi connectivity index (χ0v) is 17.0. The van der Waals surface area contributed by atoms with Crippen LogP contribution in [0.5, 0.6) is 0 Å². The number of hydrogen-bond donors (Lipinski definition) is 1. The Morgan fingerprint density at radius 2 is 1.79 bits per heavy atom. The topological polar surface area (TPSA) is 103 Å². The van der Waals surface area contributed by atoms with Crippen molar-refractivity contribution in [3.63, 3.8) is 0 Å². The van der Waals surface area contributed by atoms with Crippen LogP contribution in [0.1, 0.15) is 27.0 Å². The van der Waals surface area contributed by atoms with Crippen LogP contribution in [-0.4, -0.2) is 29.6 Å². The van der Waals surface area contributed by atoms with Gasteiger partial charge in [0.2, 0.25) is 6.17 Å². The second-order valence-electron chi connectivity index (χ2n) is 7.00. The quantitative estimate of drug-likeness (QED) is 0.633. The lowest BCUT2D eigenvalue weighted by atomic mass is 10.00. The Morgan fingerprint density at radius 3 is 2.52 bits per heavy atom. The van der Waals surface area contributed by atoms with Gasteiger partial charge < -0.3 is 5.32 Å². The Kier molecular flexibility index (Phi) is 5.90. The summed E-state index contributed by atoms with van der Waals surface area (Å²) in [6.07, 6.45) is -0.578. The van der Waals surface area contributed by atoms with Crippen LogP contribution in [0.3, 0.4) is 0 Å². The molecule has 3 aromatic rings. The molecule has 7 nitrogen and oxygen atoms in total. The van der Waals surface area contributed by atoms with Gasteiger partial charge in [-0.05, 0) is 36.4 Å². The van der Waals surface area contributed by atoms with Crippen LogP contribution < -0.4 is 10.2 Å². The lowest BCUT2D eigenvalue weighted by Crippen LogP contribution is -2.45. The van der Waals surface area contributed by atoms with E-state index in [4.69, 9.17) is 5.26 Å². The third kappa shape index (κ3) is 4.17. The van der Waals surface area contributed by atoms with Crippen molar-refractivity contribution in [2.75, 3.05) is 4.90 Å². The van der Waals surface area contributed by atoms with E-state index < -0.39 is 23.8 Å². The van der Waals surface area contributed by atoms with Crippen LogP contribution in [0, 0.1) is 17.1 Å². The number of anilines is 1. The fourth-order valence-electron chi connectivity index (χ4n) is 3.47. The van der Waals surface area contributed by atoms with E-state index in [1.807, 2.05) is 6.07 Å². The SMILES string of the molecule is N#Cc1cccc(C(=O)NC2N=C(c3ccccc3F)c3ccccc3N(C=C=O)C2=O)c1. The number of hydrogen-bond acceptors (Lipinski definition) is 5. The molecule has 0 saturated heterocycles. The summed E-state index contributed by atoms with van der Waals surface area (Å²) in [5.74, 6) is -0.384. The fourth-order valence-corrected chi connectivity index (χ4v) is 3.47. The van der Waals surface area contributed by atoms with Crippen molar-refractivity contribution in [2.45, 2.75) is 6.17 Å². The molecule has 0 radical (unpaired) electrons. The van der Waals surface area contributed by atoms with E-state index in [1.165, 1.54) is 42.5 Å². The number of fused-ring (bicyclic) bond motifs is 1. The highest BCUT2D eigenvalue weighted by atomic mass is 19.1. The molecule has 8 heteroatoms. The molecule has 33 heavy (non-hydrogen) atoms. The number of benzene rings is 3. The minimum atomic E-state index is -1.48. The van der Waals surface area contributed by atoms with Crippen molar-refractivity contribution in [1.82, 2.24) is 5.32 Å². The van der Waals surface area contributed by atoms with Gasteiger partial charge in [-0.1, -0.05) is 36.4 Å². The summed E-state index contributed by atoms with van der Waals surface area (Å²) in [6, 6.07) is 20.4. The van der Waals surface area contributed by atoms with E-state index in [0.29, 0.717) is 5.56 Å². The zero-order chi connectivity index (χ0) is 23.4. The Bertz CT molecular complexity index is 1390. The van der Waals surface area contributed by atoms with E-state index in [2.05, 4.69) is 10.3 Å². The number of halogens is 1. The van der Waals surface area contributed by atoms with Gasteiger partial charge in [-0.2, -0.15) is 5.26 Å². The third-order valence-electron chi connectivity index (χ3n) is 4.98. The molecule has 1 N–H and O–H groups in total. The van der Waals surface area contributed by atoms with E-state index in [9.17, 15) is 18.8 Å². The molecule has 0 aliphatic carbocycles. The van der Waals surface area contributed by atoms with Crippen molar-refractivity contribution in [2.24, 2.45) is 4.99 Å². The van der Waals surface area contributed by atoms with Gasteiger partial charge in [0.25, 0.3) is 11.8 Å². The molecule has 0 saturated carbocycles. The normalized spacial score (nSPS) is 14.8. The van der Waals surface area contributed by atoms with Gasteiger partial charge in [-0.25, -0.2) is 14.2 Å². The predicted molar refractivity (Wildman–Crippen MR) is 119 cm³/mol. The maximum atomic E-state index is 14.7. The van der Waals surface area contributed by atoms with Crippen molar-refractivity contribution < 1.29 is 18.8 Å². The monoisotopic (exact) mass is 438 g/mol. The molecule has 4 rings (SSSR count). The predicted octanol–water partition coefficient (Wildman–Crippen LogP) is 2.98. The minimum absolute atomic E-state index is 0.125. The van der Waals surface area contributed by atoms with Crippen molar-refractivity contribution in [1.29, 1.82) is 5.26 Å². The average molecular weight is 438 g/mol. The standard InChI is InChI=1S/C25H15FN4O3/c26-20-10-3-1-8-18(20)22-19-9-2-4-11-21(19)30(12-13-31)25(33)23(28-22)29-24(32)17-7-5-6-16(14-17)15-27/h1-12,14,23H,(H,29,32). The van der Waals surface area contributed by atoms with Crippen molar-refractivity contribution in [3.8, 4) is 6.07 Å². The van der Waals surface area contributed by atoms with E-state index in [-0.39, 0.29) is 28.1 Å². The zero-order valence-electron chi connectivity index (χ0n) is 17.0. The first-order valence-electron chi connectivity index (χ1n) is 9.80. The Hall–Kier alpha value is -4.86. The lowest BCUT2D eigenvalue weighted by molar-refractivity contribution is -0.119. The van der Waals surface area contributed by atoms with Gasteiger partial charge in [0.05, 0.1) is 29.2 Å². The summed E-state index contributed by atoms with van der Waals surface area (Å²) in [7, 11) is 0. The fraction of sp³-hybridized carbons (Fsp3) is 0.0400. The van der Waals surface area contributed by atoms with Crippen LogP contribution >= 0.6 is 0 Å². The summed E-state index contributed by atoms with van der Waals surface area (Å²) >= 11 is 0. The van der Waals surface area contributed by atoms with E-state index in [0.717, 1.165) is 11.1 Å². The number of aliphatic imine (C=N–C) groups is 1. The lowest BCUT2D eigenvalue weighted by Gasteiger charge is -2.20. The van der Waals surface area contributed by atoms with Gasteiger partial charge in [0.1, 0.15) is 11.8 Å². The number of nitrogens with one attached hydrogen (secondary N) is 1. The summed E-state index contributed by atoms with van der Waals surface area (Å²) < 4.78 is 14.7. The van der Waals surface area contributed by atoms with Gasteiger partial charge in [-0.3, -0.25) is 14.5 Å². The summed E-state index contributed by atoms with van der Waals surface area (Å²) in [5.41, 5.74) is 1.35. The number of benzodiazepines with no additional fused rings is 1. The van der Waals surface area contributed by atoms with Gasteiger partial charge in [0, 0.05) is 16.7 Å². The maximum absolute atomic E-state index is 14.7. The molecule has 1 unspecified atom stereocenters. The highest BCUT2D eigenvalue weighted by Crippen LogP contribution is 2.29. The molecular formula is C25H15FN4O3. The molecule has 160 valence electrons. The van der Waals surface area contributed by atoms with Crippen molar-refractivity contribution in [3.05, 3.63) is 107 Å². The first-order chi connectivity index (χ1) is 16.0. The Morgan fingerprint density at radius 1 is 1.06 bits per heavy atom. The molecule has 0 bridgehead atoms. The first kappa shape index (κ1) is 21.4. The molecule has 1 aliphatic rings. The summed E-state index contributed by atoms with van der Waals surface area (Å²) in [6.45, 7) is 0. The number of carbonyl (C=O) groups is 2. The van der Waals surface area contributed by atoms with Crippen LogP contribution in [0.15, 0.2) is 84.0 Å². The summed E-state index contributed by atoms with van der Waals surface area (Å²) in [4.78, 5) is 42.8.